The second kappa shape index (κ2) is 7.08. The summed E-state index contributed by atoms with van der Waals surface area (Å²) in [6.45, 7) is 4.73. The lowest BCUT2D eigenvalue weighted by molar-refractivity contribution is 0.0696. The highest BCUT2D eigenvalue weighted by Crippen LogP contribution is 2.06. The molecule has 18 heavy (non-hydrogen) atoms. The van der Waals surface area contributed by atoms with E-state index in [9.17, 15) is 4.79 Å². The number of nitrogens with one attached hydrogen (secondary N) is 1. The summed E-state index contributed by atoms with van der Waals surface area (Å²) in [5, 5.41) is 21.1. The van der Waals surface area contributed by atoms with Gasteiger partial charge in [-0.05, 0) is 31.4 Å². The van der Waals surface area contributed by atoms with Crippen molar-refractivity contribution in [1.82, 2.24) is 10.3 Å². The molecule has 1 rings (SSSR count). The highest BCUT2D eigenvalue weighted by molar-refractivity contribution is 5.87. The number of carbonyl (C=O) groups is 1. The largest absolute Gasteiger partial charge is 0.478 e. The molecule has 5 nitrogen and oxygen atoms in total. The summed E-state index contributed by atoms with van der Waals surface area (Å²) >= 11 is 0. The SMILES string of the molecule is CC(CO)CC(C)NCc1cc(C(=O)O)ccn1. The van der Waals surface area contributed by atoms with Crippen LogP contribution in [0.2, 0.25) is 0 Å². The minimum absolute atomic E-state index is 0.179. The molecule has 2 unspecified atom stereocenters. The molecular weight excluding hydrogens is 232 g/mol. The van der Waals surface area contributed by atoms with E-state index >= 15 is 0 Å². The van der Waals surface area contributed by atoms with Gasteiger partial charge in [-0.2, -0.15) is 0 Å². The van der Waals surface area contributed by atoms with Crippen LogP contribution < -0.4 is 5.32 Å². The summed E-state index contributed by atoms with van der Waals surface area (Å²) < 4.78 is 0. The number of hydrogen-bond donors (Lipinski definition) is 3. The third-order valence-corrected chi connectivity index (χ3v) is 2.76. The van der Waals surface area contributed by atoms with Gasteiger partial charge in [-0.1, -0.05) is 6.92 Å². The Morgan fingerprint density at radius 2 is 2.22 bits per heavy atom. The Bertz CT molecular complexity index is 396. The number of carboxylic acid groups (broad SMARTS) is 1. The molecule has 100 valence electrons. The monoisotopic (exact) mass is 252 g/mol. The summed E-state index contributed by atoms with van der Waals surface area (Å²) in [5.74, 6) is -0.689. The molecule has 0 amide bonds. The van der Waals surface area contributed by atoms with Gasteiger partial charge in [0.1, 0.15) is 0 Å². The Hall–Kier alpha value is -1.46. The van der Waals surface area contributed by atoms with E-state index in [2.05, 4.69) is 10.3 Å². The first kappa shape index (κ1) is 14.6. The minimum atomic E-state index is -0.944. The minimum Gasteiger partial charge on any atom is -0.478 e. The van der Waals surface area contributed by atoms with Crippen molar-refractivity contribution in [3.05, 3.63) is 29.6 Å². The number of aromatic carboxylic acids is 1. The van der Waals surface area contributed by atoms with Gasteiger partial charge in [0.05, 0.1) is 11.3 Å². The molecule has 1 aromatic heterocycles. The van der Waals surface area contributed by atoms with E-state index in [1.807, 2.05) is 13.8 Å². The third-order valence-electron chi connectivity index (χ3n) is 2.76. The van der Waals surface area contributed by atoms with Gasteiger partial charge in [-0.25, -0.2) is 4.79 Å². The predicted octanol–water partition coefficient (Wildman–Crippen LogP) is 1.28. The Morgan fingerprint density at radius 3 is 2.83 bits per heavy atom. The molecule has 1 aromatic rings. The molecule has 0 aliphatic carbocycles. The van der Waals surface area contributed by atoms with Gasteiger partial charge in [0, 0.05) is 25.4 Å². The molecule has 0 spiro atoms. The van der Waals surface area contributed by atoms with Crippen molar-refractivity contribution < 1.29 is 15.0 Å². The van der Waals surface area contributed by atoms with Crippen molar-refractivity contribution in [1.29, 1.82) is 0 Å². The van der Waals surface area contributed by atoms with Crippen LogP contribution in [0.1, 0.15) is 36.3 Å². The fourth-order valence-electron chi connectivity index (χ4n) is 1.75. The topological polar surface area (TPSA) is 82.5 Å². The molecule has 0 aliphatic rings. The smallest absolute Gasteiger partial charge is 0.335 e. The number of aliphatic hydroxyl groups excluding tert-OH is 1. The van der Waals surface area contributed by atoms with Gasteiger partial charge >= 0.3 is 5.97 Å². The lowest BCUT2D eigenvalue weighted by Crippen LogP contribution is -2.28. The van der Waals surface area contributed by atoms with Gasteiger partial charge in [-0.15, -0.1) is 0 Å². The molecule has 0 aromatic carbocycles. The third kappa shape index (κ3) is 4.81. The lowest BCUT2D eigenvalue weighted by atomic mass is 10.0. The average Bonchev–Trinajstić information content (AvgIpc) is 2.36. The van der Waals surface area contributed by atoms with Crippen molar-refractivity contribution in [2.45, 2.75) is 32.9 Å². The van der Waals surface area contributed by atoms with Crippen LogP contribution >= 0.6 is 0 Å². The Balaban J connectivity index is 2.48. The van der Waals surface area contributed by atoms with Crippen LogP contribution in [0.15, 0.2) is 18.3 Å². The number of hydrogen-bond acceptors (Lipinski definition) is 4. The summed E-state index contributed by atoms with van der Waals surface area (Å²) in [4.78, 5) is 14.9. The summed E-state index contributed by atoms with van der Waals surface area (Å²) in [7, 11) is 0. The van der Waals surface area contributed by atoms with E-state index in [0.29, 0.717) is 12.2 Å². The van der Waals surface area contributed by atoms with Crippen molar-refractivity contribution >= 4 is 5.97 Å². The molecule has 0 saturated heterocycles. The number of pyridine rings is 1. The Labute approximate surface area is 107 Å². The molecule has 5 heteroatoms. The highest BCUT2D eigenvalue weighted by atomic mass is 16.4. The zero-order valence-corrected chi connectivity index (χ0v) is 10.8. The molecule has 0 fully saturated rings. The van der Waals surface area contributed by atoms with Crippen molar-refractivity contribution in [3.63, 3.8) is 0 Å². The average molecular weight is 252 g/mol. The highest BCUT2D eigenvalue weighted by Gasteiger charge is 2.08. The fourth-order valence-corrected chi connectivity index (χ4v) is 1.75. The number of aromatic nitrogens is 1. The van der Waals surface area contributed by atoms with Crippen LogP contribution in [-0.4, -0.2) is 33.8 Å². The second-order valence-corrected chi connectivity index (χ2v) is 4.65. The zero-order chi connectivity index (χ0) is 13.5. The standard InChI is InChI=1S/C13H20N2O3/c1-9(8-16)5-10(2)15-7-12-6-11(13(17)18)3-4-14-12/h3-4,6,9-10,15-16H,5,7-8H2,1-2H3,(H,17,18). The van der Waals surface area contributed by atoms with E-state index in [0.717, 1.165) is 6.42 Å². The van der Waals surface area contributed by atoms with E-state index in [1.54, 1.807) is 6.07 Å². The summed E-state index contributed by atoms with van der Waals surface area (Å²) in [5.41, 5.74) is 0.955. The van der Waals surface area contributed by atoms with E-state index in [1.165, 1.54) is 12.3 Å². The normalized spacial score (nSPS) is 14.2. The van der Waals surface area contributed by atoms with Crippen LogP contribution in [0, 0.1) is 5.92 Å². The number of carboxylic acids is 1. The molecule has 2 atom stereocenters. The fraction of sp³-hybridized carbons (Fsp3) is 0.538. The quantitative estimate of drug-likeness (QED) is 0.681. The lowest BCUT2D eigenvalue weighted by Gasteiger charge is -2.16. The first-order chi connectivity index (χ1) is 8.52. The maximum atomic E-state index is 10.8. The Kier molecular flexibility index (Phi) is 5.74. The van der Waals surface area contributed by atoms with E-state index in [-0.39, 0.29) is 24.1 Å². The zero-order valence-electron chi connectivity index (χ0n) is 10.8. The number of rotatable bonds is 7. The predicted molar refractivity (Wildman–Crippen MR) is 68.4 cm³/mol. The molecule has 3 N–H and O–H groups in total. The molecule has 0 saturated carbocycles. The first-order valence-electron chi connectivity index (χ1n) is 6.05. The number of aliphatic hydroxyl groups is 1. The number of nitrogens with zero attached hydrogens (tertiary/aromatic N) is 1. The van der Waals surface area contributed by atoms with Crippen LogP contribution in [0.25, 0.3) is 0 Å². The van der Waals surface area contributed by atoms with Crippen LogP contribution in [0.5, 0.6) is 0 Å². The molecule has 1 heterocycles. The van der Waals surface area contributed by atoms with Gasteiger partial charge in [-0.3, -0.25) is 4.98 Å². The maximum Gasteiger partial charge on any atom is 0.335 e. The van der Waals surface area contributed by atoms with Crippen LogP contribution in [0.3, 0.4) is 0 Å². The Morgan fingerprint density at radius 1 is 1.50 bits per heavy atom. The van der Waals surface area contributed by atoms with Gasteiger partial charge in [0.25, 0.3) is 0 Å². The van der Waals surface area contributed by atoms with Gasteiger partial charge in [0.2, 0.25) is 0 Å². The molecular formula is C13H20N2O3. The second-order valence-electron chi connectivity index (χ2n) is 4.65. The van der Waals surface area contributed by atoms with Crippen LogP contribution in [-0.2, 0) is 6.54 Å². The van der Waals surface area contributed by atoms with Gasteiger partial charge < -0.3 is 15.5 Å². The van der Waals surface area contributed by atoms with E-state index in [4.69, 9.17) is 10.2 Å². The summed E-state index contributed by atoms with van der Waals surface area (Å²) in [6.07, 6.45) is 2.37. The van der Waals surface area contributed by atoms with Crippen molar-refractivity contribution in [2.24, 2.45) is 5.92 Å². The maximum absolute atomic E-state index is 10.8. The molecule has 0 aliphatic heterocycles. The molecule has 0 radical (unpaired) electrons. The first-order valence-corrected chi connectivity index (χ1v) is 6.05. The summed E-state index contributed by atoms with van der Waals surface area (Å²) in [6, 6.07) is 3.29. The van der Waals surface area contributed by atoms with E-state index < -0.39 is 5.97 Å². The van der Waals surface area contributed by atoms with Crippen LogP contribution in [0.4, 0.5) is 0 Å². The van der Waals surface area contributed by atoms with Gasteiger partial charge in [0.15, 0.2) is 0 Å². The van der Waals surface area contributed by atoms with Crippen molar-refractivity contribution in [3.8, 4) is 0 Å². The van der Waals surface area contributed by atoms with Crippen molar-refractivity contribution in [2.75, 3.05) is 6.61 Å². The molecule has 0 bridgehead atoms.